The minimum Gasteiger partial charge on any atom is -0.462 e. The van der Waals surface area contributed by atoms with E-state index in [0.29, 0.717) is 12.8 Å². The Balaban J connectivity index is 1.95. The Labute approximate surface area is 399 Å². The summed E-state index contributed by atoms with van der Waals surface area (Å²) in [5, 5.41) is 82.9. The molecule has 0 aromatic rings. The van der Waals surface area contributed by atoms with Gasteiger partial charge in [0.15, 0.2) is 12.4 Å². The largest absolute Gasteiger partial charge is 0.472 e. The highest BCUT2D eigenvalue weighted by Gasteiger charge is 2.55. The van der Waals surface area contributed by atoms with Crippen LogP contribution in [0.5, 0.6) is 0 Å². The molecular formula is C48H89O18P. The minimum absolute atomic E-state index is 0.0307. The number of unbranched alkanes of at least 4 members (excludes halogenated alkanes) is 22. The number of hydrogen-bond donors (Lipinski definition) is 9. The molecule has 0 radical (unpaired) electrons. The number of phosphoric ester groups is 1. The van der Waals surface area contributed by atoms with Gasteiger partial charge in [0, 0.05) is 12.8 Å². The fraction of sp³-hybridized carbons (Fsp3) is 0.917. The normalized spacial score (nSPS) is 28.1. The quantitative estimate of drug-likeness (QED) is 0.0154. The summed E-state index contributed by atoms with van der Waals surface area (Å²) < 4.78 is 45.4. The van der Waals surface area contributed by atoms with Gasteiger partial charge in [-0.25, -0.2) is 4.57 Å². The van der Waals surface area contributed by atoms with Gasteiger partial charge in [0.05, 0.1) is 13.2 Å². The van der Waals surface area contributed by atoms with E-state index in [2.05, 4.69) is 26.0 Å². The van der Waals surface area contributed by atoms with Crippen molar-refractivity contribution in [2.45, 2.75) is 261 Å². The fourth-order valence-electron chi connectivity index (χ4n) is 8.23. The lowest BCUT2D eigenvalue weighted by Gasteiger charge is -2.47. The molecule has 0 bridgehead atoms. The number of allylic oxidation sites excluding steroid dienone is 2. The van der Waals surface area contributed by atoms with Gasteiger partial charge in [-0.1, -0.05) is 148 Å². The molecule has 13 unspecified atom stereocenters. The second-order valence-corrected chi connectivity index (χ2v) is 19.8. The molecule has 1 aliphatic carbocycles. The Morgan fingerprint density at radius 2 is 0.985 bits per heavy atom. The zero-order valence-electron chi connectivity index (χ0n) is 40.4. The number of rotatable bonds is 39. The Morgan fingerprint density at radius 3 is 1.49 bits per heavy atom. The van der Waals surface area contributed by atoms with Gasteiger partial charge in [-0.05, 0) is 38.5 Å². The maximum atomic E-state index is 13.4. The Morgan fingerprint density at radius 1 is 0.552 bits per heavy atom. The van der Waals surface area contributed by atoms with Crippen LogP contribution in [-0.2, 0) is 42.1 Å². The molecule has 18 nitrogen and oxygen atoms in total. The molecule has 0 amide bonds. The number of esters is 2. The van der Waals surface area contributed by atoms with Crippen LogP contribution in [-0.4, -0.2) is 151 Å². The molecule has 9 N–H and O–H groups in total. The zero-order chi connectivity index (χ0) is 49.5. The van der Waals surface area contributed by atoms with Crippen molar-refractivity contribution in [3.05, 3.63) is 12.2 Å². The lowest BCUT2D eigenvalue weighted by Crippen LogP contribution is -2.67. The second-order valence-electron chi connectivity index (χ2n) is 18.4. The van der Waals surface area contributed by atoms with Gasteiger partial charge in [0.25, 0.3) is 0 Å². The van der Waals surface area contributed by atoms with Crippen LogP contribution in [0, 0.1) is 0 Å². The Hall–Kier alpha value is -1.61. The molecule has 2 fully saturated rings. The number of aliphatic hydroxyl groups excluding tert-OH is 8. The molecule has 0 spiro atoms. The molecule has 19 heteroatoms. The van der Waals surface area contributed by atoms with Gasteiger partial charge in [0.2, 0.25) is 0 Å². The molecular weight excluding hydrogens is 895 g/mol. The monoisotopic (exact) mass is 985 g/mol. The number of aliphatic hydroxyl groups is 8. The van der Waals surface area contributed by atoms with E-state index in [1.54, 1.807) is 0 Å². The zero-order valence-corrected chi connectivity index (χ0v) is 41.3. The van der Waals surface area contributed by atoms with Crippen LogP contribution in [0.2, 0.25) is 0 Å². The first kappa shape index (κ1) is 61.5. The highest BCUT2D eigenvalue weighted by Crippen LogP contribution is 2.48. The molecule has 0 aromatic carbocycles. The van der Waals surface area contributed by atoms with E-state index < -0.39 is 113 Å². The van der Waals surface area contributed by atoms with Gasteiger partial charge in [-0.15, -0.1) is 0 Å². The van der Waals surface area contributed by atoms with Crippen molar-refractivity contribution in [3.63, 3.8) is 0 Å². The number of carbonyl (C=O) groups excluding carboxylic acids is 2. The lowest BCUT2D eigenvalue weighted by molar-refractivity contribution is -0.338. The highest BCUT2D eigenvalue weighted by molar-refractivity contribution is 7.47. The van der Waals surface area contributed by atoms with Crippen molar-refractivity contribution in [2.24, 2.45) is 0 Å². The predicted octanol–water partition coefficient (Wildman–Crippen LogP) is 5.71. The molecule has 2 rings (SSSR count). The summed E-state index contributed by atoms with van der Waals surface area (Å²) in [4.78, 5) is 36.5. The molecule has 1 aliphatic heterocycles. The summed E-state index contributed by atoms with van der Waals surface area (Å²) in [5.74, 6) is -1.22. The molecule has 394 valence electrons. The van der Waals surface area contributed by atoms with E-state index in [1.165, 1.54) is 70.6 Å². The first-order valence-corrected chi connectivity index (χ1v) is 27.0. The maximum Gasteiger partial charge on any atom is 0.472 e. The third-order valence-electron chi connectivity index (χ3n) is 12.5. The van der Waals surface area contributed by atoms with Gasteiger partial charge in [-0.2, -0.15) is 0 Å². The average molecular weight is 985 g/mol. The third kappa shape index (κ3) is 25.4. The molecule has 2 aliphatic rings. The van der Waals surface area contributed by atoms with Crippen molar-refractivity contribution in [3.8, 4) is 0 Å². The first-order chi connectivity index (χ1) is 32.2. The second kappa shape index (κ2) is 36.3. The van der Waals surface area contributed by atoms with Crippen molar-refractivity contribution in [1.82, 2.24) is 0 Å². The SMILES string of the molecule is CCCCCC/C=C\CCCCCCCCCC(=O)OC(COC(=O)CCCCCCCCCCCCCC)COP(=O)(O)OC1C(O)C(O)C(O)C(O)C1OC1OC(CO)C(O)C(O)C1O. The van der Waals surface area contributed by atoms with Crippen LogP contribution in [0.4, 0.5) is 0 Å². The predicted molar refractivity (Wildman–Crippen MR) is 249 cm³/mol. The lowest BCUT2D eigenvalue weighted by atomic mass is 9.84. The van der Waals surface area contributed by atoms with E-state index in [9.17, 15) is 59.9 Å². The van der Waals surface area contributed by atoms with Crippen molar-refractivity contribution in [2.75, 3.05) is 19.8 Å². The highest BCUT2D eigenvalue weighted by atomic mass is 31.2. The fourth-order valence-corrected chi connectivity index (χ4v) is 9.20. The maximum absolute atomic E-state index is 13.4. The van der Waals surface area contributed by atoms with Crippen LogP contribution >= 0.6 is 7.82 Å². The molecule has 1 saturated carbocycles. The van der Waals surface area contributed by atoms with Gasteiger partial charge < -0.3 is 64.7 Å². The average Bonchev–Trinajstić information content (AvgIpc) is 3.31. The third-order valence-corrected chi connectivity index (χ3v) is 13.5. The number of hydrogen-bond acceptors (Lipinski definition) is 17. The number of phosphoric acid groups is 1. The first-order valence-electron chi connectivity index (χ1n) is 25.5. The summed E-state index contributed by atoms with van der Waals surface area (Å²) in [6.07, 6.45) is 8.66. The standard InChI is InChI=1S/C48H89O18P/c1-3-5-7-9-11-13-15-17-18-19-21-23-25-27-29-31-38(51)63-35(33-61-37(50)30-28-26-24-22-20-16-14-12-10-8-6-4-2)34-62-67(59,60)66-47-44(57)42(55)41(54)43(56)46(47)65-48-45(58)40(53)39(52)36(32-49)64-48/h13,15,35-36,39-49,52-58H,3-12,14,16-34H2,1-2H3,(H,59,60)/b15-13-. The van der Waals surface area contributed by atoms with E-state index >= 15 is 0 Å². The van der Waals surface area contributed by atoms with E-state index in [4.69, 9.17) is 28.0 Å². The smallest absolute Gasteiger partial charge is 0.462 e. The van der Waals surface area contributed by atoms with E-state index in [1.807, 2.05) is 0 Å². The van der Waals surface area contributed by atoms with Crippen LogP contribution < -0.4 is 0 Å². The van der Waals surface area contributed by atoms with E-state index in [-0.39, 0.29) is 12.8 Å². The molecule has 13 atom stereocenters. The van der Waals surface area contributed by atoms with Crippen molar-refractivity contribution in [1.29, 1.82) is 0 Å². The number of carbonyl (C=O) groups is 2. The van der Waals surface area contributed by atoms with Gasteiger partial charge in [-0.3, -0.25) is 18.6 Å². The molecule has 67 heavy (non-hydrogen) atoms. The Bertz CT molecular complexity index is 1360. The van der Waals surface area contributed by atoms with E-state index in [0.717, 1.165) is 77.0 Å². The summed E-state index contributed by atoms with van der Waals surface area (Å²) in [6.45, 7) is 2.21. The van der Waals surface area contributed by atoms with Crippen LogP contribution in [0.25, 0.3) is 0 Å². The van der Waals surface area contributed by atoms with Crippen molar-refractivity contribution >= 4 is 19.8 Å². The van der Waals surface area contributed by atoms with Crippen LogP contribution in [0.15, 0.2) is 12.2 Å². The number of ether oxygens (including phenoxy) is 4. The summed E-state index contributed by atoms with van der Waals surface area (Å²) in [5.41, 5.74) is 0. The van der Waals surface area contributed by atoms with Crippen molar-refractivity contribution < 1.29 is 87.9 Å². The summed E-state index contributed by atoms with van der Waals surface area (Å²) >= 11 is 0. The van der Waals surface area contributed by atoms with Gasteiger partial charge >= 0.3 is 19.8 Å². The molecule has 1 heterocycles. The molecule has 1 saturated heterocycles. The van der Waals surface area contributed by atoms with Gasteiger partial charge in [0.1, 0.15) is 67.6 Å². The topological polar surface area (TPSA) is 289 Å². The van der Waals surface area contributed by atoms with Crippen LogP contribution in [0.1, 0.15) is 187 Å². The van der Waals surface area contributed by atoms with Crippen LogP contribution in [0.3, 0.4) is 0 Å². The Kier molecular flexibility index (Phi) is 33.4. The summed E-state index contributed by atoms with van der Waals surface area (Å²) in [6, 6.07) is 0. The summed E-state index contributed by atoms with van der Waals surface area (Å²) in [7, 11) is -5.37. The molecule has 0 aromatic heterocycles. The minimum atomic E-state index is -5.37.